The molecule has 102 valence electrons. The van der Waals surface area contributed by atoms with E-state index in [1.807, 2.05) is 30.3 Å². The zero-order chi connectivity index (χ0) is 14.5. The Balaban J connectivity index is 2.16. The Hall–Kier alpha value is -2.46. The van der Waals surface area contributed by atoms with Gasteiger partial charge in [-0.1, -0.05) is 54.6 Å². The van der Waals surface area contributed by atoms with Crippen molar-refractivity contribution in [2.75, 3.05) is 0 Å². The lowest BCUT2D eigenvalue weighted by molar-refractivity contribution is -0.138. The van der Waals surface area contributed by atoms with Crippen molar-refractivity contribution in [2.24, 2.45) is 0 Å². The lowest BCUT2D eigenvalue weighted by Gasteiger charge is -2.08. The van der Waals surface area contributed by atoms with E-state index in [-0.39, 0.29) is 0 Å². The Morgan fingerprint density at radius 2 is 1.45 bits per heavy atom. The summed E-state index contributed by atoms with van der Waals surface area (Å²) in [4.78, 5) is 22.3. The minimum Gasteiger partial charge on any atom is -0.481 e. The number of aliphatic carboxylic acids is 1. The summed E-state index contributed by atoms with van der Waals surface area (Å²) < 4.78 is 0. The van der Waals surface area contributed by atoms with E-state index in [1.54, 1.807) is 24.3 Å². The molecular weight excluding hydrogens is 256 g/mol. The highest BCUT2D eigenvalue weighted by Gasteiger charge is 2.19. The summed E-state index contributed by atoms with van der Waals surface area (Å²) in [5.41, 5.74) is 2.28. The van der Waals surface area contributed by atoms with Gasteiger partial charge in [0.15, 0.2) is 5.78 Å². The second kappa shape index (κ2) is 6.12. The van der Waals surface area contributed by atoms with Gasteiger partial charge < -0.3 is 10.2 Å². The van der Waals surface area contributed by atoms with Gasteiger partial charge in [0.05, 0.1) is 6.42 Å². The predicted molar refractivity (Wildman–Crippen MR) is 74.5 cm³/mol. The molecule has 0 spiro atoms. The van der Waals surface area contributed by atoms with Crippen LogP contribution in [-0.4, -0.2) is 28.1 Å². The summed E-state index contributed by atoms with van der Waals surface area (Å²) in [6.45, 7) is 0. The monoisotopic (exact) mass is 270 g/mol. The van der Waals surface area contributed by atoms with E-state index in [0.717, 1.165) is 11.1 Å². The van der Waals surface area contributed by atoms with Crippen molar-refractivity contribution < 1.29 is 19.8 Å². The van der Waals surface area contributed by atoms with Crippen LogP contribution in [0.15, 0.2) is 54.6 Å². The molecule has 0 saturated carbocycles. The van der Waals surface area contributed by atoms with Crippen LogP contribution < -0.4 is 0 Å². The minimum absolute atomic E-state index is 0.304. The molecule has 0 radical (unpaired) electrons. The van der Waals surface area contributed by atoms with Crippen LogP contribution in [0.25, 0.3) is 11.1 Å². The second-order valence-corrected chi connectivity index (χ2v) is 4.42. The summed E-state index contributed by atoms with van der Waals surface area (Å²) >= 11 is 0. The van der Waals surface area contributed by atoms with Gasteiger partial charge >= 0.3 is 5.97 Å². The molecule has 1 unspecified atom stereocenters. The zero-order valence-corrected chi connectivity index (χ0v) is 10.7. The number of carbonyl (C=O) groups is 2. The number of aliphatic hydroxyl groups excluding tert-OH is 1. The highest BCUT2D eigenvalue weighted by atomic mass is 16.4. The van der Waals surface area contributed by atoms with E-state index in [2.05, 4.69) is 0 Å². The maximum Gasteiger partial charge on any atom is 0.306 e. The summed E-state index contributed by atoms with van der Waals surface area (Å²) in [5, 5.41) is 18.1. The van der Waals surface area contributed by atoms with Gasteiger partial charge in [-0.05, 0) is 11.1 Å². The number of Topliss-reactive ketones (excluding diaryl/α,β-unsaturated/α-hetero) is 1. The largest absolute Gasteiger partial charge is 0.481 e. The van der Waals surface area contributed by atoms with Crippen molar-refractivity contribution in [3.05, 3.63) is 60.2 Å². The number of carboxylic acids is 1. The maximum atomic E-state index is 11.8. The topological polar surface area (TPSA) is 74.6 Å². The van der Waals surface area contributed by atoms with Gasteiger partial charge in [0.2, 0.25) is 0 Å². The molecule has 4 nitrogen and oxygen atoms in total. The van der Waals surface area contributed by atoms with Crippen LogP contribution in [-0.2, 0) is 4.79 Å². The lowest BCUT2D eigenvalue weighted by Crippen LogP contribution is -2.23. The number of hydrogen-bond donors (Lipinski definition) is 2. The fourth-order valence-electron chi connectivity index (χ4n) is 1.91. The zero-order valence-electron chi connectivity index (χ0n) is 10.7. The number of rotatable bonds is 5. The van der Waals surface area contributed by atoms with E-state index in [4.69, 9.17) is 5.11 Å². The van der Waals surface area contributed by atoms with Crippen molar-refractivity contribution in [1.82, 2.24) is 0 Å². The van der Waals surface area contributed by atoms with Crippen LogP contribution in [0.3, 0.4) is 0 Å². The van der Waals surface area contributed by atoms with Crippen LogP contribution in [0.4, 0.5) is 0 Å². The van der Waals surface area contributed by atoms with Crippen molar-refractivity contribution in [1.29, 1.82) is 0 Å². The Kier molecular flexibility index (Phi) is 4.27. The highest BCUT2D eigenvalue weighted by Crippen LogP contribution is 2.20. The highest BCUT2D eigenvalue weighted by molar-refractivity contribution is 6.01. The molecule has 0 saturated heterocycles. The number of benzene rings is 2. The van der Waals surface area contributed by atoms with Crippen LogP contribution >= 0.6 is 0 Å². The Bertz CT molecular complexity index is 602. The fourth-order valence-corrected chi connectivity index (χ4v) is 1.91. The van der Waals surface area contributed by atoms with E-state index in [1.165, 1.54) is 0 Å². The third-order valence-corrected chi connectivity index (χ3v) is 2.95. The molecule has 20 heavy (non-hydrogen) atoms. The molecule has 2 aromatic carbocycles. The smallest absolute Gasteiger partial charge is 0.306 e. The first-order chi connectivity index (χ1) is 9.58. The van der Waals surface area contributed by atoms with Gasteiger partial charge in [-0.2, -0.15) is 0 Å². The van der Waals surface area contributed by atoms with Gasteiger partial charge in [0, 0.05) is 5.56 Å². The maximum absolute atomic E-state index is 11.8. The summed E-state index contributed by atoms with van der Waals surface area (Å²) in [7, 11) is 0. The standard InChI is InChI=1S/C16H14O4/c17-14(10-15(18)19)16(20)13-8-6-12(7-9-13)11-4-2-1-3-5-11/h1-9,14,17H,10H2,(H,18,19). The quantitative estimate of drug-likeness (QED) is 0.818. The molecule has 0 bridgehead atoms. The summed E-state index contributed by atoms with van der Waals surface area (Å²) in [6.07, 6.45) is -2.09. The molecule has 0 aliphatic carbocycles. The van der Waals surface area contributed by atoms with Crippen LogP contribution in [0.1, 0.15) is 16.8 Å². The van der Waals surface area contributed by atoms with E-state index in [9.17, 15) is 14.7 Å². The Morgan fingerprint density at radius 1 is 0.900 bits per heavy atom. The first-order valence-electron chi connectivity index (χ1n) is 6.17. The summed E-state index contributed by atoms with van der Waals surface area (Å²) in [6, 6.07) is 16.4. The summed E-state index contributed by atoms with van der Waals surface area (Å²) in [5.74, 6) is -1.78. The van der Waals surface area contributed by atoms with E-state index in [0.29, 0.717) is 5.56 Å². The molecule has 0 heterocycles. The van der Waals surface area contributed by atoms with Gasteiger partial charge in [-0.3, -0.25) is 9.59 Å². The molecule has 0 aliphatic rings. The normalized spacial score (nSPS) is 11.8. The number of carboxylic acid groups (broad SMARTS) is 1. The third-order valence-electron chi connectivity index (χ3n) is 2.95. The first kappa shape index (κ1) is 14.0. The van der Waals surface area contributed by atoms with Crippen molar-refractivity contribution in [3.63, 3.8) is 0 Å². The molecule has 0 amide bonds. The van der Waals surface area contributed by atoms with Gasteiger partial charge in [-0.15, -0.1) is 0 Å². The van der Waals surface area contributed by atoms with Crippen LogP contribution in [0.5, 0.6) is 0 Å². The fraction of sp³-hybridized carbons (Fsp3) is 0.125. The van der Waals surface area contributed by atoms with Gasteiger partial charge in [0.1, 0.15) is 6.10 Å². The number of aliphatic hydroxyl groups is 1. The Morgan fingerprint density at radius 3 is 2.00 bits per heavy atom. The third kappa shape index (κ3) is 3.30. The van der Waals surface area contributed by atoms with Gasteiger partial charge in [0.25, 0.3) is 0 Å². The van der Waals surface area contributed by atoms with Crippen LogP contribution in [0, 0.1) is 0 Å². The van der Waals surface area contributed by atoms with Gasteiger partial charge in [-0.25, -0.2) is 0 Å². The molecule has 2 aromatic rings. The van der Waals surface area contributed by atoms with Crippen molar-refractivity contribution >= 4 is 11.8 Å². The van der Waals surface area contributed by atoms with E-state index < -0.39 is 24.3 Å². The molecule has 2 rings (SSSR count). The Labute approximate surface area is 116 Å². The first-order valence-corrected chi connectivity index (χ1v) is 6.17. The van der Waals surface area contributed by atoms with Crippen molar-refractivity contribution in [2.45, 2.75) is 12.5 Å². The minimum atomic E-state index is -1.50. The SMILES string of the molecule is O=C(O)CC(O)C(=O)c1ccc(-c2ccccc2)cc1. The van der Waals surface area contributed by atoms with Crippen LogP contribution in [0.2, 0.25) is 0 Å². The average Bonchev–Trinajstić information content (AvgIpc) is 2.47. The molecule has 1 atom stereocenters. The molecule has 2 N–H and O–H groups in total. The van der Waals surface area contributed by atoms with Crippen molar-refractivity contribution in [3.8, 4) is 11.1 Å². The molecule has 0 fully saturated rings. The second-order valence-electron chi connectivity index (χ2n) is 4.42. The number of carbonyl (C=O) groups excluding carboxylic acids is 1. The average molecular weight is 270 g/mol. The molecular formula is C16H14O4. The number of ketones is 1. The lowest BCUT2D eigenvalue weighted by atomic mass is 10.00. The predicted octanol–water partition coefficient (Wildman–Crippen LogP) is 2.37. The molecule has 0 aromatic heterocycles. The molecule has 0 aliphatic heterocycles. The van der Waals surface area contributed by atoms with E-state index >= 15 is 0 Å². The molecule has 4 heteroatoms. The number of hydrogen-bond acceptors (Lipinski definition) is 3.